The summed E-state index contributed by atoms with van der Waals surface area (Å²) in [7, 11) is 1.90. The Balaban J connectivity index is 2.97. The third kappa shape index (κ3) is 5.66. The standard InChI is InChI=1S/C18H32N2O3/c1-8-11-22-19(7)16-13-20(17(21)23-18(4,5)6)15(10-3)12-14(16)9-2/h8,12,15-16H,1,9-11,13H2,2-7H3/t15-,16+/m1/s1. The van der Waals surface area contributed by atoms with Gasteiger partial charge >= 0.3 is 6.09 Å². The summed E-state index contributed by atoms with van der Waals surface area (Å²) in [5.74, 6) is 0. The molecule has 0 fully saturated rings. The van der Waals surface area contributed by atoms with E-state index >= 15 is 0 Å². The van der Waals surface area contributed by atoms with Crippen LogP contribution in [0.2, 0.25) is 0 Å². The first-order valence-corrected chi connectivity index (χ1v) is 8.40. The minimum Gasteiger partial charge on any atom is -0.444 e. The Bertz CT molecular complexity index is 440. The van der Waals surface area contributed by atoms with E-state index in [1.54, 1.807) is 6.08 Å². The molecule has 1 amide bonds. The Morgan fingerprint density at radius 1 is 1.48 bits per heavy atom. The van der Waals surface area contributed by atoms with E-state index in [1.807, 2.05) is 37.8 Å². The number of carbonyl (C=O) groups is 1. The molecule has 2 atom stereocenters. The molecule has 0 N–H and O–H groups in total. The van der Waals surface area contributed by atoms with E-state index in [-0.39, 0.29) is 18.2 Å². The van der Waals surface area contributed by atoms with Crippen molar-refractivity contribution < 1.29 is 14.4 Å². The molecule has 1 aliphatic heterocycles. The summed E-state index contributed by atoms with van der Waals surface area (Å²) in [6.07, 6.45) is 5.44. The van der Waals surface area contributed by atoms with E-state index in [4.69, 9.17) is 9.57 Å². The molecular weight excluding hydrogens is 292 g/mol. The number of hydroxylamine groups is 2. The van der Waals surface area contributed by atoms with Crippen LogP contribution in [0.25, 0.3) is 0 Å². The topological polar surface area (TPSA) is 42.0 Å². The second-order valence-corrected chi connectivity index (χ2v) is 6.85. The van der Waals surface area contributed by atoms with Gasteiger partial charge in [-0.3, -0.25) is 9.74 Å². The molecule has 0 aromatic rings. The van der Waals surface area contributed by atoms with Gasteiger partial charge in [-0.1, -0.05) is 31.6 Å². The molecule has 0 aromatic heterocycles. The van der Waals surface area contributed by atoms with Crippen LogP contribution in [-0.4, -0.2) is 53.9 Å². The third-order valence-electron chi connectivity index (χ3n) is 3.89. The van der Waals surface area contributed by atoms with Gasteiger partial charge in [0.2, 0.25) is 0 Å². The molecule has 0 spiro atoms. The lowest BCUT2D eigenvalue weighted by Gasteiger charge is -2.41. The maximum Gasteiger partial charge on any atom is 0.410 e. The fourth-order valence-corrected chi connectivity index (χ4v) is 2.72. The van der Waals surface area contributed by atoms with Crippen molar-refractivity contribution in [1.29, 1.82) is 0 Å². The molecule has 0 aromatic carbocycles. The van der Waals surface area contributed by atoms with Crippen LogP contribution in [0, 0.1) is 0 Å². The molecule has 5 nitrogen and oxygen atoms in total. The first-order chi connectivity index (χ1) is 10.7. The summed E-state index contributed by atoms with van der Waals surface area (Å²) < 4.78 is 5.57. The molecule has 0 saturated heterocycles. The van der Waals surface area contributed by atoms with E-state index in [0.29, 0.717) is 13.2 Å². The quantitative estimate of drug-likeness (QED) is 0.551. The maximum atomic E-state index is 12.6. The van der Waals surface area contributed by atoms with Crippen molar-refractivity contribution in [2.24, 2.45) is 0 Å². The molecule has 1 aliphatic rings. The highest BCUT2D eigenvalue weighted by molar-refractivity contribution is 5.69. The minimum absolute atomic E-state index is 0.0373. The minimum atomic E-state index is -0.495. The fraction of sp³-hybridized carbons (Fsp3) is 0.722. The van der Waals surface area contributed by atoms with Crippen LogP contribution in [0.3, 0.4) is 0 Å². The average Bonchev–Trinajstić information content (AvgIpc) is 2.49. The summed E-state index contributed by atoms with van der Waals surface area (Å²) in [5, 5.41) is 1.82. The summed E-state index contributed by atoms with van der Waals surface area (Å²) in [6.45, 7) is 14.6. The van der Waals surface area contributed by atoms with Crippen molar-refractivity contribution in [2.75, 3.05) is 20.2 Å². The molecule has 132 valence electrons. The van der Waals surface area contributed by atoms with Crippen molar-refractivity contribution in [3.05, 3.63) is 24.3 Å². The van der Waals surface area contributed by atoms with Crippen LogP contribution >= 0.6 is 0 Å². The molecule has 0 radical (unpaired) electrons. The predicted octanol–water partition coefficient (Wildman–Crippen LogP) is 3.77. The lowest BCUT2D eigenvalue weighted by molar-refractivity contribution is -0.155. The molecule has 1 heterocycles. The Kier molecular flexibility index (Phi) is 7.29. The molecule has 5 heteroatoms. The average molecular weight is 324 g/mol. The van der Waals surface area contributed by atoms with Crippen molar-refractivity contribution in [1.82, 2.24) is 9.96 Å². The highest BCUT2D eigenvalue weighted by atomic mass is 16.7. The van der Waals surface area contributed by atoms with Crippen LogP contribution < -0.4 is 0 Å². The first kappa shape index (κ1) is 19.7. The molecule has 0 aliphatic carbocycles. The lowest BCUT2D eigenvalue weighted by atomic mass is 9.94. The van der Waals surface area contributed by atoms with Crippen LogP contribution in [0.5, 0.6) is 0 Å². The molecule has 0 unspecified atom stereocenters. The fourth-order valence-electron chi connectivity index (χ4n) is 2.72. The molecular formula is C18H32N2O3. The van der Waals surface area contributed by atoms with Gasteiger partial charge in [0.25, 0.3) is 0 Å². The SMILES string of the molecule is C=CCON(C)[C@H]1CN(C(=O)OC(C)(C)C)[C@H](CC)C=C1CC. The van der Waals surface area contributed by atoms with Gasteiger partial charge in [0.1, 0.15) is 5.60 Å². The largest absolute Gasteiger partial charge is 0.444 e. The van der Waals surface area contributed by atoms with Crippen LogP contribution in [0.1, 0.15) is 47.5 Å². The first-order valence-electron chi connectivity index (χ1n) is 8.40. The number of carbonyl (C=O) groups excluding carboxylic acids is 1. The van der Waals surface area contributed by atoms with Crippen LogP contribution in [0.15, 0.2) is 24.3 Å². The number of nitrogens with zero attached hydrogens (tertiary/aromatic N) is 2. The molecule has 1 rings (SSSR count). The zero-order valence-electron chi connectivity index (χ0n) is 15.5. The summed E-state index contributed by atoms with van der Waals surface area (Å²) in [5.41, 5.74) is 0.799. The second-order valence-electron chi connectivity index (χ2n) is 6.85. The Labute approximate surface area is 140 Å². The zero-order chi connectivity index (χ0) is 17.6. The normalized spacial score (nSPS) is 22.0. The smallest absolute Gasteiger partial charge is 0.410 e. The number of hydrogen-bond donors (Lipinski definition) is 0. The monoisotopic (exact) mass is 324 g/mol. The van der Waals surface area contributed by atoms with Crippen molar-refractivity contribution in [3.63, 3.8) is 0 Å². The summed E-state index contributed by atoms with van der Waals surface area (Å²) in [4.78, 5) is 20.0. The van der Waals surface area contributed by atoms with Crippen molar-refractivity contribution >= 4 is 6.09 Å². The predicted molar refractivity (Wildman–Crippen MR) is 93.1 cm³/mol. The number of likely N-dealkylation sites (N-methyl/N-ethyl adjacent to an activating group) is 1. The Morgan fingerprint density at radius 3 is 2.61 bits per heavy atom. The van der Waals surface area contributed by atoms with Gasteiger partial charge in [-0.2, -0.15) is 5.06 Å². The van der Waals surface area contributed by atoms with Gasteiger partial charge in [-0.15, -0.1) is 6.58 Å². The van der Waals surface area contributed by atoms with E-state index in [2.05, 4.69) is 26.5 Å². The van der Waals surface area contributed by atoms with Gasteiger partial charge in [0.15, 0.2) is 0 Å². The van der Waals surface area contributed by atoms with E-state index < -0.39 is 5.60 Å². The maximum absolute atomic E-state index is 12.6. The second kappa shape index (κ2) is 8.50. The Morgan fingerprint density at radius 2 is 2.13 bits per heavy atom. The van der Waals surface area contributed by atoms with Crippen LogP contribution in [0.4, 0.5) is 4.79 Å². The number of ether oxygens (including phenoxy) is 1. The van der Waals surface area contributed by atoms with Crippen molar-refractivity contribution in [2.45, 2.75) is 65.1 Å². The van der Waals surface area contributed by atoms with Crippen molar-refractivity contribution in [3.8, 4) is 0 Å². The van der Waals surface area contributed by atoms with Gasteiger partial charge in [-0.05, 0) is 33.6 Å². The van der Waals surface area contributed by atoms with Crippen LogP contribution in [-0.2, 0) is 9.57 Å². The molecule has 23 heavy (non-hydrogen) atoms. The van der Waals surface area contributed by atoms with E-state index in [1.165, 1.54) is 5.57 Å². The number of amides is 1. The van der Waals surface area contributed by atoms with Gasteiger partial charge in [0, 0.05) is 13.6 Å². The number of hydrogen-bond acceptors (Lipinski definition) is 4. The molecule has 0 bridgehead atoms. The Hall–Kier alpha value is -1.33. The zero-order valence-corrected chi connectivity index (χ0v) is 15.5. The van der Waals surface area contributed by atoms with Gasteiger partial charge < -0.3 is 4.74 Å². The third-order valence-corrected chi connectivity index (χ3v) is 3.89. The highest BCUT2D eigenvalue weighted by Crippen LogP contribution is 2.26. The molecule has 0 saturated carbocycles. The van der Waals surface area contributed by atoms with Gasteiger partial charge in [0.05, 0.1) is 18.7 Å². The van der Waals surface area contributed by atoms with E-state index in [9.17, 15) is 4.79 Å². The number of rotatable bonds is 6. The van der Waals surface area contributed by atoms with E-state index in [0.717, 1.165) is 12.8 Å². The summed E-state index contributed by atoms with van der Waals surface area (Å²) >= 11 is 0. The van der Waals surface area contributed by atoms with Gasteiger partial charge in [-0.25, -0.2) is 4.79 Å². The highest BCUT2D eigenvalue weighted by Gasteiger charge is 2.35. The lowest BCUT2D eigenvalue weighted by Crippen LogP contribution is -2.53. The summed E-state index contributed by atoms with van der Waals surface area (Å²) in [6, 6.07) is 0.110.